The van der Waals surface area contributed by atoms with E-state index in [1.807, 2.05) is 12.3 Å². The Kier molecular flexibility index (Phi) is 5.65. The predicted molar refractivity (Wildman–Crippen MR) is 103 cm³/mol. The Labute approximate surface area is 161 Å². The Hall–Kier alpha value is -2.61. The summed E-state index contributed by atoms with van der Waals surface area (Å²) in [5, 5.41) is 2.90. The molecule has 27 heavy (non-hydrogen) atoms. The smallest absolute Gasteiger partial charge is 0.340 e. The maximum absolute atomic E-state index is 12.8. The van der Waals surface area contributed by atoms with E-state index >= 15 is 0 Å². The van der Waals surface area contributed by atoms with Crippen molar-refractivity contribution >= 4 is 29.3 Å². The summed E-state index contributed by atoms with van der Waals surface area (Å²) in [4.78, 5) is 28.8. The van der Waals surface area contributed by atoms with Gasteiger partial charge in [0.05, 0.1) is 17.9 Å². The standard InChI is InChI=1S/C19H22N2O5S/c1-5-24-19(23)16-10(2)17(20-11(16)3)18(22)21-12-8-13-14(9-15(12)27-4)26-7-6-25-13/h8-9,20H,5-7H2,1-4H3,(H,21,22). The lowest BCUT2D eigenvalue weighted by Gasteiger charge is -2.21. The largest absolute Gasteiger partial charge is 0.486 e. The second-order valence-electron chi connectivity index (χ2n) is 6.00. The van der Waals surface area contributed by atoms with Crippen molar-refractivity contribution in [3.05, 3.63) is 34.6 Å². The van der Waals surface area contributed by atoms with Crippen molar-refractivity contribution in [2.75, 3.05) is 31.4 Å². The molecule has 1 aliphatic heterocycles. The first kappa shape index (κ1) is 19.2. The summed E-state index contributed by atoms with van der Waals surface area (Å²) in [5.74, 6) is 0.492. The maximum Gasteiger partial charge on any atom is 0.340 e. The fourth-order valence-electron chi connectivity index (χ4n) is 3.01. The summed E-state index contributed by atoms with van der Waals surface area (Å²) in [6.07, 6.45) is 1.92. The van der Waals surface area contributed by atoms with Crippen LogP contribution in [0.1, 0.15) is 39.0 Å². The van der Waals surface area contributed by atoms with Gasteiger partial charge in [0.15, 0.2) is 11.5 Å². The summed E-state index contributed by atoms with van der Waals surface area (Å²) < 4.78 is 16.3. The number of anilines is 1. The number of esters is 1. The van der Waals surface area contributed by atoms with Crippen LogP contribution >= 0.6 is 11.8 Å². The van der Waals surface area contributed by atoms with E-state index in [-0.39, 0.29) is 12.5 Å². The highest BCUT2D eigenvalue weighted by atomic mass is 32.2. The van der Waals surface area contributed by atoms with E-state index in [0.717, 1.165) is 4.90 Å². The van der Waals surface area contributed by atoms with Gasteiger partial charge in [0.1, 0.15) is 18.9 Å². The molecule has 1 aromatic carbocycles. The van der Waals surface area contributed by atoms with Gasteiger partial charge >= 0.3 is 5.97 Å². The molecule has 2 N–H and O–H groups in total. The van der Waals surface area contributed by atoms with Crippen LogP contribution in [0, 0.1) is 13.8 Å². The van der Waals surface area contributed by atoms with E-state index in [1.54, 1.807) is 26.8 Å². The first-order valence-electron chi connectivity index (χ1n) is 8.61. The van der Waals surface area contributed by atoms with Crippen LogP contribution < -0.4 is 14.8 Å². The Morgan fingerprint density at radius 3 is 2.52 bits per heavy atom. The van der Waals surface area contributed by atoms with Gasteiger partial charge in [-0.3, -0.25) is 4.79 Å². The molecule has 7 nitrogen and oxygen atoms in total. The lowest BCUT2D eigenvalue weighted by atomic mass is 10.1. The number of hydrogen-bond acceptors (Lipinski definition) is 6. The van der Waals surface area contributed by atoms with Gasteiger partial charge in [-0.2, -0.15) is 0 Å². The molecule has 0 bridgehead atoms. The highest BCUT2D eigenvalue weighted by Gasteiger charge is 2.24. The van der Waals surface area contributed by atoms with E-state index in [9.17, 15) is 9.59 Å². The monoisotopic (exact) mass is 390 g/mol. The minimum atomic E-state index is -0.438. The molecule has 3 rings (SSSR count). The molecule has 0 saturated heterocycles. The van der Waals surface area contributed by atoms with Gasteiger partial charge in [0.2, 0.25) is 0 Å². The molecule has 0 saturated carbocycles. The third-order valence-electron chi connectivity index (χ3n) is 4.26. The van der Waals surface area contributed by atoms with Crippen LogP contribution in [0.5, 0.6) is 11.5 Å². The number of benzene rings is 1. The van der Waals surface area contributed by atoms with Crippen molar-refractivity contribution in [3.63, 3.8) is 0 Å². The zero-order valence-electron chi connectivity index (χ0n) is 15.7. The molecule has 2 heterocycles. The van der Waals surface area contributed by atoms with Gasteiger partial charge in [-0.1, -0.05) is 0 Å². The van der Waals surface area contributed by atoms with Gasteiger partial charge in [-0.15, -0.1) is 11.8 Å². The number of fused-ring (bicyclic) bond motifs is 1. The molecule has 0 radical (unpaired) electrons. The van der Waals surface area contributed by atoms with Crippen molar-refractivity contribution in [1.82, 2.24) is 4.98 Å². The topological polar surface area (TPSA) is 89.7 Å². The lowest BCUT2D eigenvalue weighted by molar-refractivity contribution is 0.0525. The summed E-state index contributed by atoms with van der Waals surface area (Å²) in [5.41, 5.74) is 2.52. The van der Waals surface area contributed by atoms with E-state index in [2.05, 4.69) is 10.3 Å². The minimum Gasteiger partial charge on any atom is -0.486 e. The molecule has 0 fully saturated rings. The Bertz CT molecular complexity index is 891. The van der Waals surface area contributed by atoms with Crippen LogP contribution in [-0.2, 0) is 4.74 Å². The average Bonchev–Trinajstić information content (AvgIpc) is 2.95. The highest BCUT2D eigenvalue weighted by molar-refractivity contribution is 7.98. The number of aryl methyl sites for hydroxylation is 1. The first-order valence-corrected chi connectivity index (χ1v) is 9.84. The van der Waals surface area contributed by atoms with Crippen LogP contribution in [0.4, 0.5) is 5.69 Å². The van der Waals surface area contributed by atoms with E-state index < -0.39 is 5.97 Å². The van der Waals surface area contributed by atoms with Crippen molar-refractivity contribution in [1.29, 1.82) is 0 Å². The normalized spacial score (nSPS) is 12.6. The molecular weight excluding hydrogens is 368 g/mol. The summed E-state index contributed by atoms with van der Waals surface area (Å²) >= 11 is 1.49. The van der Waals surface area contributed by atoms with E-state index in [4.69, 9.17) is 14.2 Å². The number of carbonyl (C=O) groups is 2. The molecule has 8 heteroatoms. The number of rotatable bonds is 5. The van der Waals surface area contributed by atoms with Crippen LogP contribution in [0.3, 0.4) is 0 Å². The Balaban J connectivity index is 1.90. The fraction of sp³-hybridized carbons (Fsp3) is 0.368. The molecule has 1 aliphatic rings. The minimum absolute atomic E-state index is 0.276. The quantitative estimate of drug-likeness (QED) is 0.599. The third-order valence-corrected chi connectivity index (χ3v) is 5.03. The number of nitrogens with one attached hydrogen (secondary N) is 2. The van der Waals surface area contributed by atoms with Gasteiger partial charge in [-0.05, 0) is 38.7 Å². The van der Waals surface area contributed by atoms with Gasteiger partial charge in [-0.25, -0.2) is 4.79 Å². The van der Waals surface area contributed by atoms with Crippen molar-refractivity contribution in [2.24, 2.45) is 0 Å². The van der Waals surface area contributed by atoms with Crippen LogP contribution in [0.15, 0.2) is 17.0 Å². The summed E-state index contributed by atoms with van der Waals surface area (Å²) in [6.45, 7) is 6.46. The number of aromatic amines is 1. The SMILES string of the molecule is CCOC(=O)c1c(C)[nH]c(C(=O)Nc2cc3c(cc2SC)OCCO3)c1C. The zero-order chi connectivity index (χ0) is 19.6. The Morgan fingerprint density at radius 1 is 1.22 bits per heavy atom. The number of amides is 1. The van der Waals surface area contributed by atoms with E-state index in [0.29, 0.717) is 52.9 Å². The zero-order valence-corrected chi connectivity index (χ0v) is 16.5. The predicted octanol–water partition coefficient (Wildman–Crippen LogP) is 3.55. The highest BCUT2D eigenvalue weighted by Crippen LogP contribution is 2.39. The number of hydrogen-bond donors (Lipinski definition) is 2. The first-order chi connectivity index (χ1) is 13.0. The van der Waals surface area contributed by atoms with Crippen LogP contribution in [0.25, 0.3) is 0 Å². The summed E-state index contributed by atoms with van der Waals surface area (Å²) in [6, 6.07) is 3.61. The molecular formula is C19H22N2O5S. The number of H-pyrrole nitrogens is 1. The molecule has 1 aromatic heterocycles. The summed E-state index contributed by atoms with van der Waals surface area (Å²) in [7, 11) is 0. The number of carbonyl (C=O) groups excluding carboxylic acids is 2. The number of thioether (sulfide) groups is 1. The molecule has 1 amide bonds. The fourth-order valence-corrected chi connectivity index (χ4v) is 3.56. The maximum atomic E-state index is 12.8. The second-order valence-corrected chi connectivity index (χ2v) is 6.84. The van der Waals surface area contributed by atoms with Gasteiger partial charge in [0, 0.05) is 16.7 Å². The molecule has 0 atom stereocenters. The molecule has 0 spiro atoms. The van der Waals surface area contributed by atoms with Crippen molar-refractivity contribution in [3.8, 4) is 11.5 Å². The van der Waals surface area contributed by atoms with Crippen molar-refractivity contribution < 1.29 is 23.8 Å². The number of ether oxygens (including phenoxy) is 3. The Morgan fingerprint density at radius 2 is 1.89 bits per heavy atom. The van der Waals surface area contributed by atoms with Crippen LogP contribution in [-0.4, -0.2) is 42.9 Å². The van der Waals surface area contributed by atoms with Gasteiger partial charge < -0.3 is 24.5 Å². The van der Waals surface area contributed by atoms with Crippen LogP contribution in [0.2, 0.25) is 0 Å². The third kappa shape index (κ3) is 3.75. The average molecular weight is 390 g/mol. The molecule has 2 aromatic rings. The van der Waals surface area contributed by atoms with Gasteiger partial charge in [0.25, 0.3) is 5.91 Å². The molecule has 0 aliphatic carbocycles. The lowest BCUT2D eigenvalue weighted by Crippen LogP contribution is -2.18. The number of aromatic nitrogens is 1. The van der Waals surface area contributed by atoms with Crippen molar-refractivity contribution in [2.45, 2.75) is 25.7 Å². The van der Waals surface area contributed by atoms with E-state index in [1.165, 1.54) is 11.8 Å². The molecule has 0 unspecified atom stereocenters. The second kappa shape index (κ2) is 7.96. The molecule has 144 valence electrons.